The lowest BCUT2D eigenvalue weighted by atomic mass is 10.2. The number of morpholine rings is 1. The van der Waals surface area contributed by atoms with Gasteiger partial charge in [0.2, 0.25) is 5.95 Å². The minimum atomic E-state index is 0.238. The zero-order valence-corrected chi connectivity index (χ0v) is 12.3. The molecule has 0 amide bonds. The van der Waals surface area contributed by atoms with E-state index in [4.69, 9.17) is 4.74 Å². The molecule has 0 aromatic carbocycles. The van der Waals surface area contributed by atoms with Crippen LogP contribution in [0.4, 0.5) is 5.95 Å². The van der Waals surface area contributed by atoms with Crippen LogP contribution in [-0.4, -0.2) is 41.8 Å². The minimum absolute atomic E-state index is 0.238. The summed E-state index contributed by atoms with van der Waals surface area (Å²) >= 11 is 0. The SMILES string of the molecule is CCNCc1cnc(N2CC(C)OCC2C)nc1C. The molecule has 5 heteroatoms. The Balaban J connectivity index is 2.14. The normalized spacial score (nSPS) is 23.7. The van der Waals surface area contributed by atoms with Gasteiger partial charge in [-0.25, -0.2) is 9.97 Å². The van der Waals surface area contributed by atoms with Crippen LogP contribution < -0.4 is 10.2 Å². The molecule has 19 heavy (non-hydrogen) atoms. The van der Waals surface area contributed by atoms with Gasteiger partial charge in [-0.3, -0.25) is 0 Å². The van der Waals surface area contributed by atoms with Gasteiger partial charge >= 0.3 is 0 Å². The van der Waals surface area contributed by atoms with Crippen LogP contribution >= 0.6 is 0 Å². The predicted octanol–water partition coefficient (Wildman–Crippen LogP) is 1.51. The average molecular weight is 264 g/mol. The lowest BCUT2D eigenvalue weighted by Crippen LogP contribution is -2.48. The standard InChI is InChI=1S/C14H24N4O/c1-5-15-6-13-7-16-14(17-12(13)4)18-8-11(3)19-9-10(18)2/h7,10-11,15H,5-6,8-9H2,1-4H3. The number of aryl methyl sites for hydroxylation is 1. The Labute approximate surface area is 115 Å². The number of rotatable bonds is 4. The second-order valence-electron chi connectivity index (χ2n) is 5.21. The first kappa shape index (κ1) is 14.2. The van der Waals surface area contributed by atoms with Crippen LogP contribution in [0.5, 0.6) is 0 Å². The topological polar surface area (TPSA) is 50.3 Å². The number of hydrogen-bond acceptors (Lipinski definition) is 5. The summed E-state index contributed by atoms with van der Waals surface area (Å²) in [6, 6.07) is 0.329. The third kappa shape index (κ3) is 3.42. The van der Waals surface area contributed by atoms with Crippen molar-refractivity contribution in [3.05, 3.63) is 17.5 Å². The van der Waals surface area contributed by atoms with Crippen molar-refractivity contribution in [2.24, 2.45) is 0 Å². The maximum absolute atomic E-state index is 5.64. The molecule has 106 valence electrons. The Kier molecular flexibility index (Phi) is 4.71. The van der Waals surface area contributed by atoms with Gasteiger partial charge in [0.25, 0.3) is 0 Å². The molecule has 0 radical (unpaired) electrons. The summed E-state index contributed by atoms with van der Waals surface area (Å²) in [6.45, 7) is 11.8. The Hall–Kier alpha value is -1.20. The van der Waals surface area contributed by atoms with E-state index in [1.54, 1.807) is 0 Å². The highest BCUT2D eigenvalue weighted by molar-refractivity contribution is 5.35. The molecule has 2 heterocycles. The fraction of sp³-hybridized carbons (Fsp3) is 0.714. The summed E-state index contributed by atoms with van der Waals surface area (Å²) < 4.78 is 5.64. The van der Waals surface area contributed by atoms with Gasteiger partial charge in [0, 0.05) is 30.5 Å². The lowest BCUT2D eigenvalue weighted by Gasteiger charge is -2.36. The second kappa shape index (κ2) is 6.30. The summed E-state index contributed by atoms with van der Waals surface area (Å²) in [5, 5.41) is 3.31. The lowest BCUT2D eigenvalue weighted by molar-refractivity contribution is 0.0337. The molecule has 2 atom stereocenters. The fourth-order valence-electron chi connectivity index (χ4n) is 2.23. The summed E-state index contributed by atoms with van der Waals surface area (Å²) in [5.41, 5.74) is 2.22. The van der Waals surface area contributed by atoms with Crippen LogP contribution in [0.3, 0.4) is 0 Å². The van der Waals surface area contributed by atoms with Gasteiger partial charge in [-0.05, 0) is 27.3 Å². The van der Waals surface area contributed by atoms with Crippen molar-refractivity contribution in [1.29, 1.82) is 0 Å². The number of nitrogens with zero attached hydrogens (tertiary/aromatic N) is 3. The van der Waals surface area contributed by atoms with E-state index in [0.29, 0.717) is 6.04 Å². The molecule has 0 spiro atoms. The van der Waals surface area contributed by atoms with Crippen LogP contribution in [0.15, 0.2) is 6.20 Å². The summed E-state index contributed by atoms with van der Waals surface area (Å²) in [5.74, 6) is 0.820. The van der Waals surface area contributed by atoms with E-state index in [1.165, 1.54) is 5.56 Å². The minimum Gasteiger partial charge on any atom is -0.375 e. The summed E-state index contributed by atoms with van der Waals surface area (Å²) in [6.07, 6.45) is 2.18. The van der Waals surface area contributed by atoms with Gasteiger partial charge in [-0.15, -0.1) is 0 Å². The fourth-order valence-corrected chi connectivity index (χ4v) is 2.23. The molecule has 1 fully saturated rings. The Morgan fingerprint density at radius 1 is 1.47 bits per heavy atom. The number of ether oxygens (including phenoxy) is 1. The molecule has 1 N–H and O–H groups in total. The van der Waals surface area contributed by atoms with E-state index in [2.05, 4.69) is 41.0 Å². The van der Waals surface area contributed by atoms with Gasteiger partial charge in [0.1, 0.15) is 0 Å². The molecule has 1 aromatic heterocycles. The highest BCUT2D eigenvalue weighted by Crippen LogP contribution is 2.18. The van der Waals surface area contributed by atoms with E-state index < -0.39 is 0 Å². The van der Waals surface area contributed by atoms with Gasteiger partial charge in [-0.2, -0.15) is 0 Å². The number of anilines is 1. The molecule has 1 aliphatic heterocycles. The van der Waals surface area contributed by atoms with Crippen molar-refractivity contribution in [1.82, 2.24) is 15.3 Å². The van der Waals surface area contributed by atoms with Crippen molar-refractivity contribution < 1.29 is 4.74 Å². The van der Waals surface area contributed by atoms with Gasteiger partial charge in [0.15, 0.2) is 0 Å². The van der Waals surface area contributed by atoms with Crippen molar-refractivity contribution >= 4 is 5.95 Å². The van der Waals surface area contributed by atoms with Crippen LogP contribution in [0.2, 0.25) is 0 Å². The largest absolute Gasteiger partial charge is 0.375 e. The van der Waals surface area contributed by atoms with Crippen LogP contribution in [-0.2, 0) is 11.3 Å². The first-order valence-corrected chi connectivity index (χ1v) is 7.03. The van der Waals surface area contributed by atoms with Crippen molar-refractivity contribution in [3.63, 3.8) is 0 Å². The molecule has 2 unspecified atom stereocenters. The molecule has 0 saturated carbocycles. The third-order valence-corrected chi connectivity index (χ3v) is 3.50. The summed E-state index contributed by atoms with van der Waals surface area (Å²) in [7, 11) is 0. The van der Waals surface area contributed by atoms with E-state index in [1.807, 2.05) is 13.1 Å². The molecule has 1 aliphatic rings. The maximum atomic E-state index is 5.64. The van der Waals surface area contributed by atoms with E-state index in [-0.39, 0.29) is 6.10 Å². The molecule has 2 rings (SSSR count). The Bertz CT molecular complexity index is 424. The van der Waals surface area contributed by atoms with Crippen molar-refractivity contribution in [2.45, 2.75) is 46.4 Å². The Morgan fingerprint density at radius 3 is 2.95 bits per heavy atom. The van der Waals surface area contributed by atoms with Gasteiger partial charge < -0.3 is 15.0 Å². The average Bonchev–Trinajstić information content (AvgIpc) is 2.40. The van der Waals surface area contributed by atoms with Gasteiger partial charge in [0.05, 0.1) is 18.8 Å². The van der Waals surface area contributed by atoms with Crippen molar-refractivity contribution in [3.8, 4) is 0 Å². The zero-order valence-electron chi connectivity index (χ0n) is 12.3. The molecule has 1 aromatic rings. The first-order chi connectivity index (χ1) is 9.11. The highest BCUT2D eigenvalue weighted by atomic mass is 16.5. The smallest absolute Gasteiger partial charge is 0.225 e. The molecular weight excluding hydrogens is 240 g/mol. The van der Waals surface area contributed by atoms with E-state index in [9.17, 15) is 0 Å². The van der Waals surface area contributed by atoms with Crippen molar-refractivity contribution in [2.75, 3.05) is 24.6 Å². The molecule has 1 saturated heterocycles. The quantitative estimate of drug-likeness (QED) is 0.893. The number of hydrogen-bond donors (Lipinski definition) is 1. The second-order valence-corrected chi connectivity index (χ2v) is 5.21. The third-order valence-electron chi connectivity index (χ3n) is 3.50. The zero-order chi connectivity index (χ0) is 13.8. The predicted molar refractivity (Wildman–Crippen MR) is 76.4 cm³/mol. The van der Waals surface area contributed by atoms with Crippen LogP contribution in [0, 0.1) is 6.92 Å². The molecular formula is C14H24N4O. The summed E-state index contributed by atoms with van der Waals surface area (Å²) in [4.78, 5) is 11.4. The molecule has 5 nitrogen and oxygen atoms in total. The number of nitrogens with one attached hydrogen (secondary N) is 1. The monoisotopic (exact) mass is 264 g/mol. The van der Waals surface area contributed by atoms with Crippen LogP contribution in [0.1, 0.15) is 32.0 Å². The maximum Gasteiger partial charge on any atom is 0.225 e. The highest BCUT2D eigenvalue weighted by Gasteiger charge is 2.25. The first-order valence-electron chi connectivity index (χ1n) is 7.03. The Morgan fingerprint density at radius 2 is 2.26 bits per heavy atom. The molecule has 0 aliphatic carbocycles. The van der Waals surface area contributed by atoms with Crippen LogP contribution in [0.25, 0.3) is 0 Å². The molecule has 0 bridgehead atoms. The number of aromatic nitrogens is 2. The van der Waals surface area contributed by atoms with E-state index in [0.717, 1.165) is 37.9 Å². The van der Waals surface area contributed by atoms with Gasteiger partial charge in [-0.1, -0.05) is 6.92 Å². The van der Waals surface area contributed by atoms with E-state index >= 15 is 0 Å².